The highest BCUT2D eigenvalue weighted by atomic mass is 35.5. The Morgan fingerprint density at radius 1 is 1.00 bits per heavy atom. The Kier molecular flexibility index (Phi) is 5.71. The van der Waals surface area contributed by atoms with Gasteiger partial charge >= 0.3 is 0 Å². The molecule has 106 valence electrons. The smallest absolute Gasteiger partial charge is 0.119 e. The Labute approximate surface area is 124 Å². The summed E-state index contributed by atoms with van der Waals surface area (Å²) in [6, 6.07) is 15.6. The van der Waals surface area contributed by atoms with Gasteiger partial charge in [0.25, 0.3) is 0 Å². The van der Waals surface area contributed by atoms with Gasteiger partial charge < -0.3 is 15.8 Å². The number of anilines is 1. The van der Waals surface area contributed by atoms with E-state index in [0.29, 0.717) is 13.2 Å². The summed E-state index contributed by atoms with van der Waals surface area (Å²) in [5.74, 6) is 0.851. The van der Waals surface area contributed by atoms with Crippen molar-refractivity contribution in [3.8, 4) is 5.75 Å². The maximum absolute atomic E-state index is 5.84. The molecule has 0 aliphatic carbocycles. The molecule has 0 aromatic heterocycles. The Balaban J connectivity index is 1.82. The zero-order valence-electron chi connectivity index (χ0n) is 11.3. The van der Waals surface area contributed by atoms with E-state index in [-0.39, 0.29) is 0 Å². The number of rotatable bonds is 7. The van der Waals surface area contributed by atoms with Crippen LogP contribution in [0.5, 0.6) is 5.75 Å². The van der Waals surface area contributed by atoms with Crippen molar-refractivity contribution in [2.45, 2.75) is 13.0 Å². The van der Waals surface area contributed by atoms with Crippen molar-refractivity contribution in [1.82, 2.24) is 0 Å². The molecule has 0 aliphatic heterocycles. The summed E-state index contributed by atoms with van der Waals surface area (Å²) in [6.07, 6.45) is 0.967. The first-order valence-electron chi connectivity index (χ1n) is 6.69. The van der Waals surface area contributed by atoms with Crippen molar-refractivity contribution >= 4 is 17.3 Å². The van der Waals surface area contributed by atoms with Crippen LogP contribution in [0.25, 0.3) is 0 Å². The van der Waals surface area contributed by atoms with Gasteiger partial charge in [-0.1, -0.05) is 23.7 Å². The molecule has 0 saturated heterocycles. The number of hydrogen-bond acceptors (Lipinski definition) is 3. The number of nitrogens with one attached hydrogen (secondary N) is 1. The van der Waals surface area contributed by atoms with Crippen LogP contribution < -0.4 is 15.8 Å². The van der Waals surface area contributed by atoms with Gasteiger partial charge in [0.2, 0.25) is 0 Å². The molecule has 0 radical (unpaired) electrons. The van der Waals surface area contributed by atoms with Crippen LogP contribution in [-0.2, 0) is 6.61 Å². The Morgan fingerprint density at radius 2 is 1.70 bits per heavy atom. The van der Waals surface area contributed by atoms with Crippen LogP contribution >= 0.6 is 11.6 Å². The van der Waals surface area contributed by atoms with E-state index in [1.54, 1.807) is 0 Å². The van der Waals surface area contributed by atoms with E-state index in [0.717, 1.165) is 35.0 Å². The summed E-state index contributed by atoms with van der Waals surface area (Å²) in [5.41, 5.74) is 7.63. The monoisotopic (exact) mass is 290 g/mol. The largest absolute Gasteiger partial charge is 0.489 e. The molecule has 0 bridgehead atoms. The van der Waals surface area contributed by atoms with Crippen LogP contribution in [-0.4, -0.2) is 13.1 Å². The molecule has 0 fully saturated rings. The Bertz CT molecular complexity index is 511. The summed E-state index contributed by atoms with van der Waals surface area (Å²) in [7, 11) is 0. The SMILES string of the molecule is NCCCNc1ccc(OCc2ccc(Cl)cc2)cc1. The van der Waals surface area contributed by atoms with Crippen LogP contribution in [0.2, 0.25) is 5.02 Å². The first-order valence-corrected chi connectivity index (χ1v) is 7.07. The summed E-state index contributed by atoms with van der Waals surface area (Å²) in [5, 5.41) is 4.04. The van der Waals surface area contributed by atoms with Gasteiger partial charge in [-0.25, -0.2) is 0 Å². The highest BCUT2D eigenvalue weighted by Crippen LogP contribution is 2.17. The molecule has 0 spiro atoms. The molecule has 0 unspecified atom stereocenters. The van der Waals surface area contributed by atoms with Gasteiger partial charge in [-0.3, -0.25) is 0 Å². The fourth-order valence-electron chi connectivity index (χ4n) is 1.75. The van der Waals surface area contributed by atoms with Gasteiger partial charge in [0, 0.05) is 17.3 Å². The second kappa shape index (κ2) is 7.78. The lowest BCUT2D eigenvalue weighted by atomic mass is 10.2. The maximum atomic E-state index is 5.84. The van der Waals surface area contributed by atoms with Crippen molar-refractivity contribution in [3.63, 3.8) is 0 Å². The lowest BCUT2D eigenvalue weighted by Crippen LogP contribution is -2.08. The number of nitrogens with two attached hydrogens (primary N) is 1. The Hall–Kier alpha value is -1.71. The second-order valence-electron chi connectivity index (χ2n) is 4.51. The molecule has 0 atom stereocenters. The second-order valence-corrected chi connectivity index (χ2v) is 4.94. The molecular weight excluding hydrogens is 272 g/mol. The van der Waals surface area contributed by atoms with Crippen LogP contribution in [0.4, 0.5) is 5.69 Å². The molecule has 0 heterocycles. The molecule has 3 N–H and O–H groups in total. The summed E-state index contributed by atoms with van der Waals surface area (Å²) >= 11 is 5.84. The van der Waals surface area contributed by atoms with Gasteiger partial charge in [-0.15, -0.1) is 0 Å². The minimum absolute atomic E-state index is 0.539. The molecule has 2 rings (SSSR count). The van der Waals surface area contributed by atoms with Crippen molar-refractivity contribution in [1.29, 1.82) is 0 Å². The van der Waals surface area contributed by atoms with Gasteiger partial charge in [-0.05, 0) is 54.9 Å². The average molecular weight is 291 g/mol. The van der Waals surface area contributed by atoms with Crippen molar-refractivity contribution < 1.29 is 4.74 Å². The van der Waals surface area contributed by atoms with Gasteiger partial charge in [0.05, 0.1) is 0 Å². The van der Waals surface area contributed by atoms with Crippen LogP contribution in [0.3, 0.4) is 0 Å². The zero-order valence-corrected chi connectivity index (χ0v) is 12.1. The van der Waals surface area contributed by atoms with E-state index in [1.807, 2.05) is 48.5 Å². The third-order valence-electron chi connectivity index (χ3n) is 2.88. The predicted molar refractivity (Wildman–Crippen MR) is 84.4 cm³/mol. The highest BCUT2D eigenvalue weighted by molar-refractivity contribution is 6.30. The molecule has 20 heavy (non-hydrogen) atoms. The van der Waals surface area contributed by atoms with Crippen LogP contribution in [0.15, 0.2) is 48.5 Å². The molecule has 3 nitrogen and oxygen atoms in total. The maximum Gasteiger partial charge on any atom is 0.119 e. The number of halogens is 1. The van der Waals surface area contributed by atoms with E-state index in [2.05, 4.69) is 5.32 Å². The first-order chi connectivity index (χ1) is 9.78. The number of benzene rings is 2. The predicted octanol–water partition coefficient (Wildman–Crippen LogP) is 3.68. The minimum atomic E-state index is 0.539. The van der Waals surface area contributed by atoms with Gasteiger partial charge in [0.15, 0.2) is 0 Å². The lowest BCUT2D eigenvalue weighted by molar-refractivity contribution is 0.306. The lowest BCUT2D eigenvalue weighted by Gasteiger charge is -2.09. The normalized spacial score (nSPS) is 10.3. The van der Waals surface area contributed by atoms with E-state index >= 15 is 0 Å². The fraction of sp³-hybridized carbons (Fsp3) is 0.250. The molecule has 0 aliphatic rings. The molecule has 2 aromatic carbocycles. The first kappa shape index (κ1) is 14.7. The fourth-order valence-corrected chi connectivity index (χ4v) is 1.88. The van der Waals surface area contributed by atoms with Crippen molar-refractivity contribution in [3.05, 3.63) is 59.1 Å². The molecule has 0 saturated carbocycles. The van der Waals surface area contributed by atoms with Crippen LogP contribution in [0, 0.1) is 0 Å². The number of ether oxygens (including phenoxy) is 1. The highest BCUT2D eigenvalue weighted by Gasteiger charge is 1.97. The summed E-state index contributed by atoms with van der Waals surface area (Å²) < 4.78 is 5.72. The standard InChI is InChI=1S/C16H19ClN2O/c17-14-4-2-13(3-5-14)12-20-16-8-6-15(7-9-16)19-11-1-10-18/h2-9,19H,1,10-12,18H2. The third kappa shape index (κ3) is 4.76. The zero-order chi connectivity index (χ0) is 14.2. The van der Waals surface area contributed by atoms with Gasteiger partial charge in [0.1, 0.15) is 12.4 Å². The third-order valence-corrected chi connectivity index (χ3v) is 3.14. The number of hydrogen-bond donors (Lipinski definition) is 2. The van der Waals surface area contributed by atoms with E-state index < -0.39 is 0 Å². The molecular formula is C16H19ClN2O. The van der Waals surface area contributed by atoms with Crippen molar-refractivity contribution in [2.75, 3.05) is 18.4 Å². The molecule has 4 heteroatoms. The van der Waals surface area contributed by atoms with Crippen LogP contribution in [0.1, 0.15) is 12.0 Å². The average Bonchev–Trinajstić information content (AvgIpc) is 2.48. The quantitative estimate of drug-likeness (QED) is 0.765. The van der Waals surface area contributed by atoms with E-state index in [9.17, 15) is 0 Å². The Morgan fingerprint density at radius 3 is 2.35 bits per heavy atom. The minimum Gasteiger partial charge on any atom is -0.489 e. The van der Waals surface area contributed by atoms with Gasteiger partial charge in [-0.2, -0.15) is 0 Å². The molecule has 2 aromatic rings. The summed E-state index contributed by atoms with van der Waals surface area (Å²) in [4.78, 5) is 0. The van der Waals surface area contributed by atoms with E-state index in [4.69, 9.17) is 22.1 Å². The van der Waals surface area contributed by atoms with E-state index in [1.165, 1.54) is 0 Å². The molecule has 0 amide bonds. The summed E-state index contributed by atoms with van der Waals surface area (Å²) in [6.45, 7) is 2.13. The topological polar surface area (TPSA) is 47.3 Å². The van der Waals surface area contributed by atoms with Crippen molar-refractivity contribution in [2.24, 2.45) is 5.73 Å².